The van der Waals surface area contributed by atoms with Crippen LogP contribution in [-0.2, 0) is 0 Å². The van der Waals surface area contributed by atoms with E-state index in [2.05, 4.69) is 0 Å². The Morgan fingerprint density at radius 3 is 1.80 bits per heavy atom. The zero-order valence-corrected chi connectivity index (χ0v) is 7.98. The third-order valence-electron chi connectivity index (χ3n) is 0. The molecule has 1 unspecified atom stereocenters. The molecule has 0 aliphatic heterocycles. The van der Waals surface area contributed by atoms with Crippen molar-refractivity contribution in [1.29, 1.82) is 0 Å². The standard InChI is InChI=1S/CH5OP.Ca.Mg.4H/c1-3-2;;;;;;/h2-3H,1H3;;;;;;/q;2*+2;4*-1. The van der Waals surface area contributed by atoms with Crippen molar-refractivity contribution >= 4 is 69.6 Å². The van der Waals surface area contributed by atoms with Crippen LogP contribution < -0.4 is 0 Å². The Kier molecular flexibility index (Phi) is 50.5. The second kappa shape index (κ2) is 16.1. The molecule has 1 nitrogen and oxygen atoms in total. The third kappa shape index (κ3) is 21.4. The molecule has 0 heterocycles. The van der Waals surface area contributed by atoms with Gasteiger partial charge in [0.2, 0.25) is 0 Å². The zero-order valence-electron chi connectivity index (χ0n) is 7.36. The first-order valence-electron chi connectivity index (χ1n) is 0.724. The van der Waals surface area contributed by atoms with E-state index in [-0.39, 0.29) is 75.3 Å². The van der Waals surface area contributed by atoms with Crippen LogP contribution in [0.25, 0.3) is 0 Å². The monoisotopic (exact) mass is 132 g/mol. The maximum absolute atomic E-state index is 7.60. The molecule has 0 amide bonds. The first-order chi connectivity index (χ1) is 1.41. The molecule has 0 aromatic heterocycles. The molecule has 28 valence electrons. The fraction of sp³-hybridized carbons (Fsp3) is 1.00. The molecule has 1 N–H and O–H groups in total. The molecule has 0 radical (unpaired) electrons. The minimum Gasteiger partial charge on any atom is -1.00 e. The summed E-state index contributed by atoms with van der Waals surface area (Å²) in [5.74, 6) is 0. The number of hydrogen-bond donors (Lipinski definition) is 1. The van der Waals surface area contributed by atoms with Gasteiger partial charge in [0.1, 0.15) is 0 Å². The molecular formula is CH9CaMgOP. The molecule has 0 aromatic rings. The summed E-state index contributed by atoms with van der Waals surface area (Å²) in [7, 11) is 0.0833. The summed E-state index contributed by atoms with van der Waals surface area (Å²) in [5.41, 5.74) is 0. The van der Waals surface area contributed by atoms with Gasteiger partial charge in [-0.25, -0.2) is 0 Å². The Hall–Kier alpha value is 2.42. The summed E-state index contributed by atoms with van der Waals surface area (Å²) in [6.45, 7) is 1.71. The van der Waals surface area contributed by atoms with E-state index in [1.54, 1.807) is 6.66 Å². The molecule has 0 fully saturated rings. The van der Waals surface area contributed by atoms with Crippen LogP contribution in [-0.4, -0.2) is 72.3 Å². The van der Waals surface area contributed by atoms with Crippen molar-refractivity contribution in [1.82, 2.24) is 0 Å². The minimum atomic E-state index is 0. The second-order valence-electron chi connectivity index (χ2n) is 0.224. The van der Waals surface area contributed by atoms with Gasteiger partial charge in [-0.2, -0.15) is 0 Å². The molecular weight excluding hydrogens is 123 g/mol. The molecule has 4 heteroatoms. The van der Waals surface area contributed by atoms with Crippen LogP contribution in [0, 0.1) is 0 Å². The Bertz CT molecular complexity index is 20.5. The number of rotatable bonds is 0. The molecule has 0 aliphatic carbocycles. The Balaban J connectivity index is -0.00000000133. The fourth-order valence-electron chi connectivity index (χ4n) is 0. The van der Waals surface area contributed by atoms with E-state index in [4.69, 9.17) is 4.89 Å². The van der Waals surface area contributed by atoms with E-state index in [1.165, 1.54) is 0 Å². The van der Waals surface area contributed by atoms with Crippen LogP contribution in [0.15, 0.2) is 0 Å². The Morgan fingerprint density at radius 1 is 1.80 bits per heavy atom. The van der Waals surface area contributed by atoms with Gasteiger partial charge in [-0.3, -0.25) is 0 Å². The van der Waals surface area contributed by atoms with Crippen molar-refractivity contribution in [2.24, 2.45) is 0 Å². The van der Waals surface area contributed by atoms with Gasteiger partial charge in [-0.05, 0) is 6.66 Å². The van der Waals surface area contributed by atoms with Crippen molar-refractivity contribution in [3.8, 4) is 0 Å². The van der Waals surface area contributed by atoms with Gasteiger partial charge in [0.15, 0.2) is 0 Å². The zero-order chi connectivity index (χ0) is 2.71. The van der Waals surface area contributed by atoms with Crippen LogP contribution in [0.5, 0.6) is 0 Å². The van der Waals surface area contributed by atoms with Gasteiger partial charge in [-0.15, -0.1) is 0 Å². The third-order valence-corrected chi connectivity index (χ3v) is 0. The molecule has 5 heavy (non-hydrogen) atoms. The SMILES string of the molecule is CPO.[Ca+2].[H-].[H-].[H-].[H-].[Mg+2]. The predicted octanol–water partition coefficient (Wildman–Crippen LogP) is -0.110. The Labute approximate surface area is 85.9 Å². The maximum Gasteiger partial charge on any atom is 2.00 e. The van der Waals surface area contributed by atoms with Crippen LogP contribution in [0.3, 0.4) is 0 Å². The molecule has 0 bridgehead atoms. The van der Waals surface area contributed by atoms with Crippen molar-refractivity contribution in [3.63, 3.8) is 0 Å². The summed E-state index contributed by atoms with van der Waals surface area (Å²) in [4.78, 5) is 7.60. The van der Waals surface area contributed by atoms with Crippen molar-refractivity contribution in [3.05, 3.63) is 0 Å². The maximum atomic E-state index is 7.60. The molecule has 1 atom stereocenters. The molecule has 0 aromatic carbocycles. The van der Waals surface area contributed by atoms with E-state index in [0.29, 0.717) is 0 Å². The summed E-state index contributed by atoms with van der Waals surface area (Å²) in [6, 6.07) is 0. The van der Waals surface area contributed by atoms with Crippen LogP contribution in [0.4, 0.5) is 0 Å². The second-order valence-corrected chi connectivity index (χ2v) is 0.671. The predicted molar refractivity (Wildman–Crippen MR) is 32.4 cm³/mol. The van der Waals surface area contributed by atoms with Gasteiger partial charge in [-0.1, -0.05) is 0 Å². The largest absolute Gasteiger partial charge is 2.00 e. The van der Waals surface area contributed by atoms with E-state index in [0.717, 1.165) is 0 Å². The topological polar surface area (TPSA) is 20.2 Å². The van der Waals surface area contributed by atoms with Crippen molar-refractivity contribution in [2.45, 2.75) is 0 Å². The quantitative estimate of drug-likeness (QED) is 0.360. The molecule has 0 saturated heterocycles. The van der Waals surface area contributed by atoms with Gasteiger partial charge >= 0.3 is 60.8 Å². The smallest absolute Gasteiger partial charge is 1.00 e. The van der Waals surface area contributed by atoms with E-state index >= 15 is 0 Å². The van der Waals surface area contributed by atoms with Crippen molar-refractivity contribution < 1.29 is 10.6 Å². The van der Waals surface area contributed by atoms with Crippen LogP contribution >= 0.6 is 8.81 Å². The van der Waals surface area contributed by atoms with Crippen LogP contribution in [0.2, 0.25) is 0 Å². The first kappa shape index (κ1) is 15.7. The summed E-state index contributed by atoms with van der Waals surface area (Å²) < 4.78 is 0. The van der Waals surface area contributed by atoms with Gasteiger partial charge < -0.3 is 10.6 Å². The van der Waals surface area contributed by atoms with Gasteiger partial charge in [0, 0.05) is 8.81 Å². The summed E-state index contributed by atoms with van der Waals surface area (Å²) in [6.07, 6.45) is 0. The van der Waals surface area contributed by atoms with E-state index in [1.807, 2.05) is 0 Å². The minimum absolute atomic E-state index is 0. The van der Waals surface area contributed by atoms with Gasteiger partial charge in [0.05, 0.1) is 0 Å². The van der Waals surface area contributed by atoms with Crippen molar-refractivity contribution in [2.75, 3.05) is 6.66 Å². The van der Waals surface area contributed by atoms with Gasteiger partial charge in [0.25, 0.3) is 0 Å². The Morgan fingerprint density at radius 2 is 1.80 bits per heavy atom. The fourth-order valence-corrected chi connectivity index (χ4v) is 0. The molecule has 0 spiro atoms. The summed E-state index contributed by atoms with van der Waals surface area (Å²) in [5, 5.41) is 0. The molecule has 0 saturated carbocycles. The summed E-state index contributed by atoms with van der Waals surface area (Å²) >= 11 is 0. The average molecular weight is 132 g/mol. The molecule has 0 rings (SSSR count). The van der Waals surface area contributed by atoms with E-state index < -0.39 is 0 Å². The van der Waals surface area contributed by atoms with E-state index in [9.17, 15) is 0 Å². The molecule has 0 aliphatic rings. The number of hydrogen-bond acceptors (Lipinski definition) is 1. The first-order valence-corrected chi connectivity index (χ1v) is 2.17. The average Bonchev–Trinajstić information content (AvgIpc) is 0.918. The van der Waals surface area contributed by atoms with Crippen LogP contribution in [0.1, 0.15) is 5.71 Å². The normalized spacial score (nSPS) is 6.00.